The highest BCUT2D eigenvalue weighted by Crippen LogP contribution is 2.35. The first kappa shape index (κ1) is 19.3. The number of carbonyl (C=O) groups is 3. The molecule has 0 aliphatic carbocycles. The van der Waals surface area contributed by atoms with Crippen molar-refractivity contribution in [3.05, 3.63) is 23.2 Å². The maximum atomic E-state index is 12.5. The summed E-state index contributed by atoms with van der Waals surface area (Å²) in [4.78, 5) is 39.6. The summed E-state index contributed by atoms with van der Waals surface area (Å²) in [6.45, 7) is 4.10. The lowest BCUT2D eigenvalue weighted by atomic mass is 9.96. The predicted octanol–water partition coefficient (Wildman–Crippen LogP) is 1.38. The summed E-state index contributed by atoms with van der Waals surface area (Å²) in [6, 6.07) is 5.09. The highest BCUT2D eigenvalue weighted by Gasteiger charge is 2.42. The number of hydrogen-bond acceptors (Lipinski definition) is 5. The first-order chi connectivity index (χ1) is 12.8. The minimum Gasteiger partial charge on any atom is -0.493 e. The minimum atomic E-state index is -1.03. The number of imide groups is 1. The van der Waals surface area contributed by atoms with Crippen LogP contribution in [-0.4, -0.2) is 61.6 Å². The molecule has 1 atom stereocenters. The molecular weight excluding hydrogens is 372 g/mol. The molecule has 0 spiro atoms. The van der Waals surface area contributed by atoms with Crippen molar-refractivity contribution >= 4 is 35.1 Å². The molecule has 9 heteroatoms. The highest BCUT2D eigenvalue weighted by atomic mass is 35.5. The van der Waals surface area contributed by atoms with Gasteiger partial charge in [-0.15, -0.1) is 0 Å². The lowest BCUT2D eigenvalue weighted by molar-refractivity contribution is -0.132. The Morgan fingerprint density at radius 1 is 1.26 bits per heavy atom. The minimum absolute atomic E-state index is 0.0251. The summed E-state index contributed by atoms with van der Waals surface area (Å²) < 4.78 is 5.40. The Kier molecular flexibility index (Phi) is 5.46. The molecule has 0 radical (unpaired) electrons. The van der Waals surface area contributed by atoms with Crippen LogP contribution in [0.3, 0.4) is 0 Å². The fourth-order valence-electron chi connectivity index (χ4n) is 3.42. The second kappa shape index (κ2) is 7.64. The first-order valence-electron chi connectivity index (χ1n) is 8.83. The number of para-hydroxylation sites is 1. The van der Waals surface area contributed by atoms with Gasteiger partial charge < -0.3 is 19.9 Å². The van der Waals surface area contributed by atoms with E-state index in [0.717, 1.165) is 5.69 Å². The van der Waals surface area contributed by atoms with E-state index < -0.39 is 17.5 Å². The molecule has 4 amide bonds. The fourth-order valence-corrected chi connectivity index (χ4v) is 3.66. The third-order valence-corrected chi connectivity index (χ3v) is 5.38. The molecule has 1 unspecified atom stereocenters. The third kappa shape index (κ3) is 3.95. The molecular formula is C18H23ClN4O4. The van der Waals surface area contributed by atoms with Crippen molar-refractivity contribution in [3.8, 4) is 5.75 Å². The summed E-state index contributed by atoms with van der Waals surface area (Å²) in [5.41, 5.74) is -0.113. The molecule has 2 heterocycles. The number of nitrogens with zero attached hydrogens (tertiary/aromatic N) is 2. The molecule has 1 aromatic carbocycles. The van der Waals surface area contributed by atoms with Gasteiger partial charge in [-0.2, -0.15) is 0 Å². The van der Waals surface area contributed by atoms with Gasteiger partial charge >= 0.3 is 6.03 Å². The predicted molar refractivity (Wildman–Crippen MR) is 101 cm³/mol. The molecule has 27 heavy (non-hydrogen) atoms. The fraction of sp³-hybridized carbons (Fsp3) is 0.500. The number of anilines is 1. The number of halogens is 1. The van der Waals surface area contributed by atoms with E-state index in [1.807, 2.05) is 12.1 Å². The molecule has 1 aromatic rings. The number of rotatable bonds is 5. The Balaban J connectivity index is 1.55. The summed E-state index contributed by atoms with van der Waals surface area (Å²) in [5.74, 6) is 0.218. The van der Waals surface area contributed by atoms with Crippen LogP contribution in [0, 0.1) is 0 Å². The van der Waals surface area contributed by atoms with E-state index >= 15 is 0 Å². The second-order valence-corrected chi connectivity index (χ2v) is 7.31. The molecule has 2 saturated heterocycles. The van der Waals surface area contributed by atoms with E-state index in [2.05, 4.69) is 15.5 Å². The summed E-state index contributed by atoms with van der Waals surface area (Å²) in [6.07, 6.45) is 0.469. The van der Waals surface area contributed by atoms with Crippen LogP contribution in [0.15, 0.2) is 18.2 Å². The standard InChI is InChI=1S/C18H23ClN4O4/c1-18(16(25)20-17(26)21-18)7-6-14(24)23-10-8-22(9-11-23)13-5-3-4-12(19)15(13)27-2/h3-5H,6-11H2,1-2H3,(H2,20,21,25,26). The Bertz CT molecular complexity index is 764. The Hall–Kier alpha value is -2.48. The monoisotopic (exact) mass is 394 g/mol. The second-order valence-electron chi connectivity index (χ2n) is 6.90. The first-order valence-corrected chi connectivity index (χ1v) is 9.20. The van der Waals surface area contributed by atoms with Crippen molar-refractivity contribution in [2.24, 2.45) is 0 Å². The average molecular weight is 395 g/mol. The Labute approximate surface area is 162 Å². The zero-order chi connectivity index (χ0) is 19.6. The van der Waals surface area contributed by atoms with Crippen LogP contribution < -0.4 is 20.3 Å². The zero-order valence-electron chi connectivity index (χ0n) is 15.4. The number of nitrogens with one attached hydrogen (secondary N) is 2. The van der Waals surface area contributed by atoms with E-state index in [1.165, 1.54) is 0 Å². The lowest BCUT2D eigenvalue weighted by Crippen LogP contribution is -2.50. The quantitative estimate of drug-likeness (QED) is 0.736. The van der Waals surface area contributed by atoms with Gasteiger partial charge in [-0.25, -0.2) is 4.79 Å². The van der Waals surface area contributed by atoms with Crippen molar-refractivity contribution < 1.29 is 19.1 Å². The molecule has 3 rings (SSSR count). The molecule has 2 N–H and O–H groups in total. The number of piperazine rings is 1. The van der Waals surface area contributed by atoms with Crippen molar-refractivity contribution in [1.82, 2.24) is 15.5 Å². The van der Waals surface area contributed by atoms with Crippen LogP contribution in [-0.2, 0) is 9.59 Å². The highest BCUT2D eigenvalue weighted by molar-refractivity contribution is 6.32. The van der Waals surface area contributed by atoms with E-state index in [-0.39, 0.29) is 18.7 Å². The van der Waals surface area contributed by atoms with Crippen molar-refractivity contribution in [1.29, 1.82) is 0 Å². The van der Waals surface area contributed by atoms with Crippen LogP contribution in [0.4, 0.5) is 10.5 Å². The number of amides is 4. The molecule has 2 fully saturated rings. The average Bonchev–Trinajstić information content (AvgIpc) is 2.91. The largest absolute Gasteiger partial charge is 0.493 e. The number of urea groups is 1. The summed E-state index contributed by atoms with van der Waals surface area (Å²) in [7, 11) is 1.59. The van der Waals surface area contributed by atoms with E-state index in [4.69, 9.17) is 16.3 Å². The number of hydrogen-bond donors (Lipinski definition) is 2. The lowest BCUT2D eigenvalue weighted by Gasteiger charge is -2.37. The van der Waals surface area contributed by atoms with Crippen LogP contribution >= 0.6 is 11.6 Å². The maximum absolute atomic E-state index is 12.5. The normalized spacial score (nSPS) is 22.5. The van der Waals surface area contributed by atoms with Gasteiger partial charge in [0.1, 0.15) is 5.54 Å². The van der Waals surface area contributed by atoms with Gasteiger partial charge in [0.2, 0.25) is 5.91 Å². The molecule has 146 valence electrons. The smallest absolute Gasteiger partial charge is 0.322 e. The van der Waals surface area contributed by atoms with Gasteiger partial charge in [0.25, 0.3) is 5.91 Å². The van der Waals surface area contributed by atoms with Crippen molar-refractivity contribution in [3.63, 3.8) is 0 Å². The molecule has 2 aliphatic heterocycles. The van der Waals surface area contributed by atoms with Crippen LogP contribution in [0.2, 0.25) is 5.02 Å². The number of methoxy groups -OCH3 is 1. The Morgan fingerprint density at radius 3 is 2.56 bits per heavy atom. The third-order valence-electron chi connectivity index (χ3n) is 5.08. The summed E-state index contributed by atoms with van der Waals surface area (Å²) in [5, 5.41) is 5.34. The van der Waals surface area contributed by atoms with Gasteiger partial charge in [-0.3, -0.25) is 14.9 Å². The van der Waals surface area contributed by atoms with Crippen molar-refractivity contribution in [2.75, 3.05) is 38.2 Å². The number of carbonyl (C=O) groups excluding carboxylic acids is 3. The van der Waals surface area contributed by atoms with E-state index in [9.17, 15) is 14.4 Å². The Morgan fingerprint density at radius 2 is 1.96 bits per heavy atom. The number of benzene rings is 1. The molecule has 8 nitrogen and oxygen atoms in total. The van der Waals surface area contributed by atoms with Gasteiger partial charge in [-0.1, -0.05) is 17.7 Å². The topological polar surface area (TPSA) is 91.0 Å². The van der Waals surface area contributed by atoms with Crippen LogP contribution in [0.1, 0.15) is 19.8 Å². The zero-order valence-corrected chi connectivity index (χ0v) is 16.1. The van der Waals surface area contributed by atoms with E-state index in [1.54, 1.807) is 25.0 Å². The van der Waals surface area contributed by atoms with Crippen LogP contribution in [0.5, 0.6) is 5.75 Å². The molecule has 2 aliphatic rings. The summed E-state index contributed by atoms with van der Waals surface area (Å²) >= 11 is 6.19. The van der Waals surface area contributed by atoms with Gasteiger partial charge in [-0.05, 0) is 25.5 Å². The number of ether oxygens (including phenoxy) is 1. The van der Waals surface area contributed by atoms with Crippen molar-refractivity contribution in [2.45, 2.75) is 25.3 Å². The SMILES string of the molecule is COc1c(Cl)cccc1N1CCN(C(=O)CCC2(C)NC(=O)NC2=O)CC1. The van der Waals surface area contributed by atoms with Gasteiger partial charge in [0.15, 0.2) is 5.75 Å². The van der Waals surface area contributed by atoms with Gasteiger partial charge in [0, 0.05) is 32.6 Å². The van der Waals surface area contributed by atoms with E-state index in [0.29, 0.717) is 37.0 Å². The maximum Gasteiger partial charge on any atom is 0.322 e. The van der Waals surface area contributed by atoms with Crippen LogP contribution in [0.25, 0.3) is 0 Å². The molecule has 0 bridgehead atoms. The molecule has 0 aromatic heterocycles. The molecule has 0 saturated carbocycles. The van der Waals surface area contributed by atoms with Gasteiger partial charge in [0.05, 0.1) is 17.8 Å².